The maximum atomic E-state index is 12.0. The molecule has 1 aliphatic rings. The van der Waals surface area contributed by atoms with Crippen LogP contribution >= 0.6 is 0 Å². The number of hydrogen-bond acceptors (Lipinski definition) is 4. The van der Waals surface area contributed by atoms with E-state index < -0.39 is 6.03 Å². The molecule has 1 atom stereocenters. The average molecular weight is 307 g/mol. The predicted octanol–water partition coefficient (Wildman–Crippen LogP) is 0.927. The highest BCUT2D eigenvalue weighted by Crippen LogP contribution is 2.28. The SMILES string of the molecule is CCn1cc(C2CCN(C(C)C(=O)NC(=O)NC)CC2)cn1. The van der Waals surface area contributed by atoms with Crippen LogP contribution in [0.15, 0.2) is 12.4 Å². The first kappa shape index (κ1) is 16.5. The zero-order chi connectivity index (χ0) is 16.1. The minimum absolute atomic E-state index is 0.253. The van der Waals surface area contributed by atoms with Crippen LogP contribution in [0, 0.1) is 0 Å². The van der Waals surface area contributed by atoms with Crippen LogP contribution in [0.2, 0.25) is 0 Å². The van der Waals surface area contributed by atoms with Crippen LogP contribution in [-0.2, 0) is 11.3 Å². The summed E-state index contributed by atoms with van der Waals surface area (Å²) in [6.45, 7) is 6.50. The van der Waals surface area contributed by atoms with E-state index in [9.17, 15) is 9.59 Å². The number of nitrogens with one attached hydrogen (secondary N) is 2. The van der Waals surface area contributed by atoms with Crippen molar-refractivity contribution in [2.75, 3.05) is 20.1 Å². The Labute approximate surface area is 131 Å². The van der Waals surface area contributed by atoms with E-state index in [2.05, 4.69) is 33.8 Å². The van der Waals surface area contributed by atoms with Crippen molar-refractivity contribution < 1.29 is 9.59 Å². The van der Waals surface area contributed by atoms with E-state index in [0.29, 0.717) is 5.92 Å². The Hall–Kier alpha value is -1.89. The van der Waals surface area contributed by atoms with E-state index in [0.717, 1.165) is 32.5 Å². The molecule has 1 aliphatic heterocycles. The number of piperidine rings is 1. The topological polar surface area (TPSA) is 79.3 Å². The number of rotatable bonds is 4. The summed E-state index contributed by atoms with van der Waals surface area (Å²) in [5, 5.41) is 9.06. The van der Waals surface area contributed by atoms with E-state index in [1.54, 1.807) is 0 Å². The average Bonchev–Trinajstić information content (AvgIpc) is 3.03. The monoisotopic (exact) mass is 307 g/mol. The Morgan fingerprint density at radius 2 is 2.09 bits per heavy atom. The van der Waals surface area contributed by atoms with Crippen molar-refractivity contribution in [3.63, 3.8) is 0 Å². The highest BCUT2D eigenvalue weighted by molar-refractivity contribution is 5.96. The molecule has 0 aromatic carbocycles. The maximum Gasteiger partial charge on any atom is 0.321 e. The molecule has 2 N–H and O–H groups in total. The Balaban J connectivity index is 1.86. The van der Waals surface area contributed by atoms with E-state index >= 15 is 0 Å². The molecule has 0 radical (unpaired) electrons. The number of urea groups is 1. The van der Waals surface area contributed by atoms with Gasteiger partial charge in [-0.25, -0.2) is 4.79 Å². The van der Waals surface area contributed by atoms with Crippen LogP contribution in [0.3, 0.4) is 0 Å². The molecule has 1 saturated heterocycles. The smallest absolute Gasteiger partial charge is 0.321 e. The third-order valence-electron chi connectivity index (χ3n) is 4.37. The van der Waals surface area contributed by atoms with Gasteiger partial charge in [-0.2, -0.15) is 5.10 Å². The fraction of sp³-hybridized carbons (Fsp3) is 0.667. The number of likely N-dealkylation sites (tertiary alicyclic amines) is 1. The van der Waals surface area contributed by atoms with Crippen molar-refractivity contribution in [3.8, 4) is 0 Å². The molecule has 22 heavy (non-hydrogen) atoms. The predicted molar refractivity (Wildman–Crippen MR) is 83.5 cm³/mol. The zero-order valence-electron chi connectivity index (χ0n) is 13.5. The molecule has 1 unspecified atom stereocenters. The molecular formula is C15H25N5O2. The summed E-state index contributed by atoms with van der Waals surface area (Å²) in [6.07, 6.45) is 6.08. The first-order valence-corrected chi connectivity index (χ1v) is 7.84. The summed E-state index contributed by atoms with van der Waals surface area (Å²) in [6, 6.07) is -0.754. The second-order valence-corrected chi connectivity index (χ2v) is 5.68. The van der Waals surface area contributed by atoms with Gasteiger partial charge in [0.25, 0.3) is 0 Å². The Morgan fingerprint density at radius 3 is 2.64 bits per heavy atom. The molecule has 1 aromatic heterocycles. The third-order valence-corrected chi connectivity index (χ3v) is 4.37. The Bertz CT molecular complexity index is 520. The van der Waals surface area contributed by atoms with Crippen LogP contribution in [-0.4, -0.2) is 52.8 Å². The number of hydrogen-bond donors (Lipinski definition) is 2. The zero-order valence-corrected chi connectivity index (χ0v) is 13.5. The summed E-state index contributed by atoms with van der Waals surface area (Å²) >= 11 is 0. The number of carbonyl (C=O) groups is 2. The fourth-order valence-corrected chi connectivity index (χ4v) is 2.83. The molecule has 122 valence electrons. The van der Waals surface area contributed by atoms with Gasteiger partial charge in [0.15, 0.2) is 0 Å². The summed E-state index contributed by atoms with van der Waals surface area (Å²) in [4.78, 5) is 25.3. The lowest BCUT2D eigenvalue weighted by Gasteiger charge is -2.34. The maximum absolute atomic E-state index is 12.0. The highest BCUT2D eigenvalue weighted by Gasteiger charge is 2.28. The molecule has 0 spiro atoms. The van der Waals surface area contributed by atoms with Crippen LogP contribution in [0.25, 0.3) is 0 Å². The van der Waals surface area contributed by atoms with Crippen molar-refractivity contribution in [2.24, 2.45) is 0 Å². The quantitative estimate of drug-likeness (QED) is 0.867. The lowest BCUT2D eigenvalue weighted by Crippen LogP contribution is -2.50. The van der Waals surface area contributed by atoms with Gasteiger partial charge < -0.3 is 5.32 Å². The molecule has 3 amide bonds. The number of aromatic nitrogens is 2. The van der Waals surface area contributed by atoms with Gasteiger partial charge in [-0.15, -0.1) is 0 Å². The molecular weight excluding hydrogens is 282 g/mol. The molecule has 0 aliphatic carbocycles. The van der Waals surface area contributed by atoms with Crippen LogP contribution < -0.4 is 10.6 Å². The van der Waals surface area contributed by atoms with E-state index in [1.165, 1.54) is 12.6 Å². The second kappa shape index (κ2) is 7.40. The molecule has 2 heterocycles. The second-order valence-electron chi connectivity index (χ2n) is 5.68. The van der Waals surface area contributed by atoms with Crippen molar-refractivity contribution in [1.29, 1.82) is 0 Å². The first-order chi connectivity index (χ1) is 10.5. The van der Waals surface area contributed by atoms with Crippen LogP contribution in [0.1, 0.15) is 38.2 Å². The normalized spacial score (nSPS) is 18.0. The van der Waals surface area contributed by atoms with Gasteiger partial charge in [0.05, 0.1) is 12.2 Å². The summed E-state index contributed by atoms with van der Waals surface area (Å²) in [5.74, 6) is 0.252. The lowest BCUT2D eigenvalue weighted by atomic mass is 9.91. The van der Waals surface area contributed by atoms with Gasteiger partial charge in [-0.1, -0.05) is 0 Å². The number of imide groups is 1. The molecule has 7 nitrogen and oxygen atoms in total. The highest BCUT2D eigenvalue weighted by atomic mass is 16.2. The largest absolute Gasteiger partial charge is 0.341 e. The van der Waals surface area contributed by atoms with Gasteiger partial charge >= 0.3 is 6.03 Å². The minimum atomic E-state index is -0.460. The van der Waals surface area contributed by atoms with E-state index in [4.69, 9.17) is 0 Å². The van der Waals surface area contributed by atoms with Gasteiger partial charge in [-0.3, -0.25) is 19.7 Å². The van der Waals surface area contributed by atoms with Crippen molar-refractivity contribution in [1.82, 2.24) is 25.3 Å². The minimum Gasteiger partial charge on any atom is -0.341 e. The van der Waals surface area contributed by atoms with Gasteiger partial charge in [0, 0.05) is 19.8 Å². The number of aryl methyl sites for hydroxylation is 1. The standard InChI is InChI=1S/C15H25N5O2/c1-4-20-10-13(9-17-20)12-5-7-19(8-6-12)11(2)14(21)18-15(22)16-3/h9-12H,4-8H2,1-3H3,(H2,16,18,21,22). The summed E-state index contributed by atoms with van der Waals surface area (Å²) in [5.41, 5.74) is 1.28. The van der Waals surface area contributed by atoms with Gasteiger partial charge in [0.2, 0.25) is 5.91 Å². The van der Waals surface area contributed by atoms with Crippen molar-refractivity contribution >= 4 is 11.9 Å². The fourth-order valence-electron chi connectivity index (χ4n) is 2.83. The Kier molecular flexibility index (Phi) is 5.54. The van der Waals surface area contributed by atoms with Crippen molar-refractivity contribution in [3.05, 3.63) is 18.0 Å². The lowest BCUT2D eigenvalue weighted by molar-refractivity contribution is -0.125. The molecule has 0 saturated carbocycles. The van der Waals surface area contributed by atoms with Crippen LogP contribution in [0.4, 0.5) is 4.79 Å². The van der Waals surface area contributed by atoms with Gasteiger partial charge in [-0.05, 0) is 51.3 Å². The first-order valence-electron chi connectivity index (χ1n) is 7.84. The van der Waals surface area contributed by atoms with E-state index in [1.807, 2.05) is 17.8 Å². The number of nitrogens with zero attached hydrogens (tertiary/aromatic N) is 3. The van der Waals surface area contributed by atoms with E-state index in [-0.39, 0.29) is 11.9 Å². The van der Waals surface area contributed by atoms with Crippen molar-refractivity contribution in [2.45, 2.75) is 45.2 Å². The number of amides is 3. The Morgan fingerprint density at radius 1 is 1.41 bits per heavy atom. The third kappa shape index (κ3) is 3.85. The summed E-state index contributed by atoms with van der Waals surface area (Å²) in [7, 11) is 1.50. The molecule has 2 rings (SSSR count). The summed E-state index contributed by atoms with van der Waals surface area (Å²) < 4.78 is 1.95. The van der Waals surface area contributed by atoms with Gasteiger partial charge in [0.1, 0.15) is 0 Å². The van der Waals surface area contributed by atoms with Crippen LogP contribution in [0.5, 0.6) is 0 Å². The number of carbonyl (C=O) groups excluding carboxylic acids is 2. The molecule has 1 aromatic rings. The molecule has 7 heteroatoms. The molecule has 1 fully saturated rings. The molecule has 0 bridgehead atoms.